The molecule has 0 aliphatic heterocycles. The molecule has 0 unspecified atom stereocenters. The molecule has 0 saturated heterocycles. The number of hydrogen-bond acceptors (Lipinski definition) is 3. The average Bonchev–Trinajstić information content (AvgIpc) is 1.99. The molecule has 0 heterocycles. The molecule has 0 aromatic rings. The fraction of sp³-hybridized carbons (Fsp3) is 0.800. The van der Waals surface area contributed by atoms with Gasteiger partial charge in [-0.1, -0.05) is 6.92 Å². The predicted molar refractivity (Wildman–Crippen MR) is 55.3 cm³/mol. The summed E-state index contributed by atoms with van der Waals surface area (Å²) in [5.74, 6) is -1.30. The molecule has 1 N–H and O–H groups in total. The molecule has 5 nitrogen and oxygen atoms in total. The Morgan fingerprint density at radius 2 is 1.87 bits per heavy atom. The Kier molecular flexibility index (Phi) is 5.28. The first-order valence-corrected chi connectivity index (χ1v) is 4.96. The smallest absolute Gasteiger partial charge is 0.307 e. The second-order valence-corrected chi connectivity index (χ2v) is 4.54. The van der Waals surface area contributed by atoms with E-state index < -0.39 is 12.1 Å². The Balaban J connectivity index is 4.31. The Labute approximate surface area is 90.2 Å². The molecule has 1 atom stereocenters. The molecule has 0 aliphatic rings. The third-order valence-corrected chi connectivity index (χ3v) is 1.74. The first kappa shape index (κ1) is 13.9. The molecule has 0 spiro atoms. The Hall–Kier alpha value is -1.10. The first-order valence-electron chi connectivity index (χ1n) is 4.96. The van der Waals surface area contributed by atoms with Gasteiger partial charge in [0.25, 0.3) is 0 Å². The van der Waals surface area contributed by atoms with E-state index in [4.69, 9.17) is 9.84 Å². The number of hydrogen-bond donors (Lipinski definition) is 1. The molecule has 0 aliphatic carbocycles. The summed E-state index contributed by atoms with van der Waals surface area (Å²) in [4.78, 5) is 21.6. The molecule has 0 amide bonds. The van der Waals surface area contributed by atoms with Gasteiger partial charge >= 0.3 is 11.9 Å². The highest BCUT2D eigenvalue weighted by Crippen LogP contribution is 2.06. The minimum Gasteiger partial charge on any atom is -0.481 e. The van der Waals surface area contributed by atoms with E-state index in [1.54, 1.807) is 6.92 Å². The van der Waals surface area contributed by atoms with E-state index >= 15 is 0 Å². The summed E-state index contributed by atoms with van der Waals surface area (Å²) in [5.41, 5.74) is 0. The number of likely N-dealkylation sites (N-methyl/N-ethyl adjacent to an activating group) is 1. The first-order chi connectivity index (χ1) is 6.74. The van der Waals surface area contributed by atoms with Crippen molar-refractivity contribution in [2.45, 2.75) is 25.9 Å². The van der Waals surface area contributed by atoms with E-state index in [1.165, 1.54) is 0 Å². The van der Waals surface area contributed by atoms with E-state index in [0.29, 0.717) is 11.0 Å². The number of carboxylic acid groups (broad SMARTS) is 1. The van der Waals surface area contributed by atoms with Crippen molar-refractivity contribution in [1.29, 1.82) is 0 Å². The molecule has 15 heavy (non-hydrogen) atoms. The molecule has 0 radical (unpaired) electrons. The second-order valence-electron chi connectivity index (χ2n) is 4.54. The lowest BCUT2D eigenvalue weighted by atomic mass is 10.0. The van der Waals surface area contributed by atoms with Gasteiger partial charge in [-0.2, -0.15) is 0 Å². The van der Waals surface area contributed by atoms with Gasteiger partial charge in [-0.05, 0) is 0 Å². The van der Waals surface area contributed by atoms with Gasteiger partial charge in [0.15, 0.2) is 6.10 Å². The van der Waals surface area contributed by atoms with Gasteiger partial charge in [-0.15, -0.1) is 0 Å². The number of carboxylic acids is 1. The summed E-state index contributed by atoms with van der Waals surface area (Å²) in [6.07, 6.45) is -0.413. The maximum absolute atomic E-state index is 11.1. The highest BCUT2D eigenvalue weighted by atomic mass is 16.5. The lowest BCUT2D eigenvalue weighted by Crippen LogP contribution is -2.43. The summed E-state index contributed by atoms with van der Waals surface area (Å²) in [6.45, 7) is 2.18. The molecule has 0 aromatic heterocycles. The maximum atomic E-state index is 11.1. The van der Waals surface area contributed by atoms with Crippen molar-refractivity contribution in [3.8, 4) is 0 Å². The van der Waals surface area contributed by atoms with Crippen LogP contribution < -0.4 is 0 Å². The van der Waals surface area contributed by atoms with E-state index in [1.807, 2.05) is 21.1 Å². The van der Waals surface area contributed by atoms with Crippen LogP contribution in [0, 0.1) is 0 Å². The van der Waals surface area contributed by atoms with Gasteiger partial charge in [0.05, 0.1) is 27.6 Å². The van der Waals surface area contributed by atoms with Crippen LogP contribution in [0.2, 0.25) is 0 Å². The topological polar surface area (TPSA) is 63.6 Å². The standard InChI is InChI=1S/C10H19NO4/c1-5-10(14)15-8(6-9(12)13)7-11(2,3)4/h8H,5-7H2,1-4H3/p+1/t8-/m1/s1/i10-1. The van der Waals surface area contributed by atoms with Crippen LogP contribution in [0.25, 0.3) is 0 Å². The van der Waals surface area contributed by atoms with Crippen molar-refractivity contribution in [2.24, 2.45) is 0 Å². The number of rotatable bonds is 6. The second kappa shape index (κ2) is 5.70. The molecule has 5 heteroatoms. The van der Waals surface area contributed by atoms with Crippen LogP contribution in [-0.4, -0.2) is 55.3 Å². The van der Waals surface area contributed by atoms with E-state index in [-0.39, 0.29) is 18.8 Å². The zero-order valence-corrected chi connectivity index (χ0v) is 9.82. The molecule has 88 valence electrons. The van der Waals surface area contributed by atoms with Gasteiger partial charge in [0.2, 0.25) is 0 Å². The lowest BCUT2D eigenvalue weighted by molar-refractivity contribution is -0.873. The van der Waals surface area contributed by atoms with Crippen molar-refractivity contribution in [2.75, 3.05) is 27.7 Å². The molecule has 0 bridgehead atoms. The Morgan fingerprint density at radius 3 is 2.20 bits per heavy atom. The van der Waals surface area contributed by atoms with Crippen molar-refractivity contribution >= 4 is 11.9 Å². The number of aliphatic carboxylic acids is 1. The van der Waals surface area contributed by atoms with Gasteiger partial charge in [0, 0.05) is 6.42 Å². The third-order valence-electron chi connectivity index (χ3n) is 1.74. The molecule has 0 aromatic carbocycles. The minimum atomic E-state index is -0.947. The minimum absolute atomic E-state index is 0.138. The van der Waals surface area contributed by atoms with Crippen LogP contribution in [0.1, 0.15) is 19.8 Å². The van der Waals surface area contributed by atoms with Crippen LogP contribution in [0.3, 0.4) is 0 Å². The monoisotopic (exact) mass is 217 g/mol. The summed E-state index contributed by atoms with van der Waals surface area (Å²) >= 11 is 0. The summed E-state index contributed by atoms with van der Waals surface area (Å²) in [6, 6.07) is 0. The van der Waals surface area contributed by atoms with Crippen LogP contribution in [0.15, 0.2) is 0 Å². The van der Waals surface area contributed by atoms with Gasteiger partial charge in [-0.3, -0.25) is 9.59 Å². The highest BCUT2D eigenvalue weighted by molar-refractivity contribution is 5.71. The number of ether oxygens (including phenoxy) is 1. The maximum Gasteiger partial charge on any atom is 0.307 e. The average molecular weight is 217 g/mol. The summed E-state index contributed by atoms with van der Waals surface area (Å²) < 4.78 is 5.62. The van der Waals surface area contributed by atoms with Crippen molar-refractivity contribution < 1.29 is 23.9 Å². The van der Waals surface area contributed by atoms with Gasteiger partial charge in [-0.25, -0.2) is 0 Å². The van der Waals surface area contributed by atoms with E-state index in [2.05, 4.69) is 0 Å². The lowest BCUT2D eigenvalue weighted by Gasteiger charge is -2.28. The molecular weight excluding hydrogens is 197 g/mol. The number of nitrogens with zero attached hydrogens (tertiary/aromatic N) is 1. The third kappa shape index (κ3) is 7.93. The fourth-order valence-electron chi connectivity index (χ4n) is 1.22. The largest absolute Gasteiger partial charge is 0.481 e. The normalized spacial score (nSPS) is 13.3. The molecule has 0 saturated carbocycles. The van der Waals surface area contributed by atoms with Crippen molar-refractivity contribution in [3.05, 3.63) is 0 Å². The predicted octanol–water partition coefficient (Wildman–Crippen LogP) is 0.489. The number of quaternary nitrogens is 1. The van der Waals surface area contributed by atoms with E-state index in [0.717, 1.165) is 0 Å². The van der Waals surface area contributed by atoms with E-state index in [9.17, 15) is 9.59 Å². The molecule has 0 rings (SSSR count). The van der Waals surface area contributed by atoms with Crippen LogP contribution >= 0.6 is 0 Å². The van der Waals surface area contributed by atoms with Gasteiger partial charge in [0.1, 0.15) is 6.54 Å². The Morgan fingerprint density at radius 1 is 1.33 bits per heavy atom. The Bertz CT molecular complexity index is 232. The van der Waals surface area contributed by atoms with Crippen LogP contribution in [0.4, 0.5) is 0 Å². The van der Waals surface area contributed by atoms with Crippen molar-refractivity contribution in [3.63, 3.8) is 0 Å². The number of carbonyl (C=O) groups excluding carboxylic acids is 1. The molecule has 0 fully saturated rings. The number of carbonyl (C=O) groups is 2. The SMILES string of the molecule is CC[11C](=O)O[C@H](CC(=O)O)C[N+](C)(C)C. The highest BCUT2D eigenvalue weighted by Gasteiger charge is 2.23. The fourth-order valence-corrected chi connectivity index (χ4v) is 1.22. The van der Waals surface area contributed by atoms with Crippen LogP contribution in [-0.2, 0) is 14.3 Å². The van der Waals surface area contributed by atoms with Gasteiger partial charge < -0.3 is 14.3 Å². The zero-order valence-electron chi connectivity index (χ0n) is 9.82. The zero-order chi connectivity index (χ0) is 12.1. The number of esters is 1. The van der Waals surface area contributed by atoms with Crippen molar-refractivity contribution in [1.82, 2.24) is 0 Å². The quantitative estimate of drug-likeness (QED) is 0.519. The summed E-state index contributed by atoms with van der Waals surface area (Å²) in [7, 11) is 5.78. The summed E-state index contributed by atoms with van der Waals surface area (Å²) in [5, 5.41) is 8.67. The van der Waals surface area contributed by atoms with Crippen LogP contribution in [0.5, 0.6) is 0 Å². The molecular formula is C10H20NO4+.